The first-order valence-electron chi connectivity index (χ1n) is 6.25. The zero-order chi connectivity index (χ0) is 12.1. The smallest absolute Gasteiger partial charge is 0.110 e. The Morgan fingerprint density at radius 1 is 1.41 bits per heavy atom. The Balaban J connectivity index is 1.80. The summed E-state index contributed by atoms with van der Waals surface area (Å²) in [5.41, 5.74) is 0.0114. The monoisotopic (exact) mass is 235 g/mol. The quantitative estimate of drug-likeness (QED) is 0.813. The normalized spacial score (nSPS) is 23.5. The van der Waals surface area contributed by atoms with E-state index in [1.807, 2.05) is 30.3 Å². The predicted octanol–water partition coefficient (Wildman–Crippen LogP) is 1.52. The summed E-state index contributed by atoms with van der Waals surface area (Å²) in [6.07, 6.45) is 1.17. The molecule has 0 bridgehead atoms. The Bertz CT molecular complexity index is 331. The maximum absolute atomic E-state index is 10.3. The number of rotatable bonds is 5. The number of hydrogen-bond acceptors (Lipinski definition) is 3. The van der Waals surface area contributed by atoms with E-state index in [2.05, 4.69) is 5.32 Å². The van der Waals surface area contributed by atoms with Gasteiger partial charge >= 0.3 is 0 Å². The summed E-state index contributed by atoms with van der Waals surface area (Å²) in [5.74, 6) is 0.599. The van der Waals surface area contributed by atoms with Crippen LogP contribution in [0.25, 0.3) is 0 Å². The molecule has 1 aliphatic rings. The lowest BCUT2D eigenvalue weighted by Crippen LogP contribution is -2.29. The third-order valence-corrected chi connectivity index (χ3v) is 3.29. The summed E-state index contributed by atoms with van der Waals surface area (Å²) in [6, 6.07) is 9.68. The zero-order valence-corrected chi connectivity index (χ0v) is 10.4. The Kier molecular flexibility index (Phi) is 4.15. The molecule has 1 aromatic carbocycles. The van der Waals surface area contributed by atoms with Crippen LogP contribution in [-0.2, 0) is 10.3 Å². The van der Waals surface area contributed by atoms with Gasteiger partial charge in [-0.1, -0.05) is 30.3 Å². The number of nitrogens with one attached hydrogen (secondary N) is 1. The zero-order valence-electron chi connectivity index (χ0n) is 10.4. The fourth-order valence-electron chi connectivity index (χ4n) is 2.16. The molecular formula is C14H21NO2. The minimum atomic E-state index is -0.896. The van der Waals surface area contributed by atoms with E-state index in [1.54, 1.807) is 6.92 Å². The van der Waals surface area contributed by atoms with E-state index in [0.29, 0.717) is 12.5 Å². The number of aliphatic hydroxyl groups is 1. The van der Waals surface area contributed by atoms with Crippen LogP contribution in [-0.4, -0.2) is 31.4 Å². The summed E-state index contributed by atoms with van der Waals surface area (Å²) >= 11 is 0. The summed E-state index contributed by atoms with van der Waals surface area (Å²) < 4.78 is 5.65. The predicted molar refractivity (Wildman–Crippen MR) is 67.8 cm³/mol. The molecule has 17 heavy (non-hydrogen) atoms. The van der Waals surface area contributed by atoms with Crippen molar-refractivity contribution in [3.63, 3.8) is 0 Å². The maximum atomic E-state index is 10.3. The summed E-state index contributed by atoms with van der Waals surface area (Å²) in [6.45, 7) is 5.01. The molecule has 1 aromatic rings. The summed E-state index contributed by atoms with van der Waals surface area (Å²) in [5, 5.41) is 13.6. The van der Waals surface area contributed by atoms with Crippen LogP contribution in [0.5, 0.6) is 0 Å². The second-order valence-corrected chi connectivity index (χ2v) is 5.01. The first-order chi connectivity index (χ1) is 8.18. The van der Waals surface area contributed by atoms with Crippen LogP contribution in [0.2, 0.25) is 0 Å². The van der Waals surface area contributed by atoms with E-state index >= 15 is 0 Å². The molecule has 1 saturated heterocycles. The van der Waals surface area contributed by atoms with Crippen molar-refractivity contribution >= 4 is 0 Å². The van der Waals surface area contributed by atoms with E-state index in [9.17, 15) is 5.11 Å². The van der Waals surface area contributed by atoms with Crippen LogP contribution >= 0.6 is 0 Å². The average Bonchev–Trinajstić information content (AvgIpc) is 2.83. The molecule has 0 amide bonds. The van der Waals surface area contributed by atoms with Gasteiger partial charge in [-0.05, 0) is 31.4 Å². The van der Waals surface area contributed by atoms with Gasteiger partial charge in [-0.3, -0.25) is 0 Å². The second kappa shape index (κ2) is 5.63. The van der Waals surface area contributed by atoms with Crippen molar-refractivity contribution in [1.82, 2.24) is 5.32 Å². The lowest BCUT2D eigenvalue weighted by atomic mass is 9.97. The van der Waals surface area contributed by atoms with Gasteiger partial charge in [0.25, 0.3) is 0 Å². The van der Waals surface area contributed by atoms with Gasteiger partial charge in [0, 0.05) is 6.54 Å². The summed E-state index contributed by atoms with van der Waals surface area (Å²) in [4.78, 5) is 0. The van der Waals surface area contributed by atoms with Gasteiger partial charge in [0.15, 0.2) is 0 Å². The third-order valence-electron chi connectivity index (χ3n) is 3.29. The molecule has 2 unspecified atom stereocenters. The fraction of sp³-hybridized carbons (Fsp3) is 0.571. The standard InChI is InChI=1S/C14H21NO2/c1-14(16,13-5-3-2-4-6-13)11-17-10-12-7-8-15-9-12/h2-6,12,15-16H,7-11H2,1H3. The lowest BCUT2D eigenvalue weighted by Gasteiger charge is -2.24. The molecule has 1 heterocycles. The molecule has 0 saturated carbocycles. The third kappa shape index (κ3) is 3.53. The fourth-order valence-corrected chi connectivity index (χ4v) is 2.16. The largest absolute Gasteiger partial charge is 0.383 e. The van der Waals surface area contributed by atoms with Crippen molar-refractivity contribution in [3.8, 4) is 0 Å². The van der Waals surface area contributed by atoms with E-state index < -0.39 is 5.60 Å². The Hall–Kier alpha value is -0.900. The first-order valence-corrected chi connectivity index (χ1v) is 6.25. The Labute approximate surface area is 103 Å². The molecule has 2 rings (SSSR count). The topological polar surface area (TPSA) is 41.5 Å². The van der Waals surface area contributed by atoms with Gasteiger partial charge in [-0.15, -0.1) is 0 Å². The van der Waals surface area contributed by atoms with Gasteiger partial charge in [-0.25, -0.2) is 0 Å². The average molecular weight is 235 g/mol. The lowest BCUT2D eigenvalue weighted by molar-refractivity contribution is -0.0449. The van der Waals surface area contributed by atoms with E-state index in [4.69, 9.17) is 4.74 Å². The highest BCUT2D eigenvalue weighted by atomic mass is 16.5. The first kappa shape index (κ1) is 12.6. The van der Waals surface area contributed by atoms with E-state index in [1.165, 1.54) is 6.42 Å². The molecule has 1 fully saturated rings. The van der Waals surface area contributed by atoms with Crippen molar-refractivity contribution < 1.29 is 9.84 Å². The van der Waals surface area contributed by atoms with Crippen molar-refractivity contribution in [2.24, 2.45) is 5.92 Å². The van der Waals surface area contributed by atoms with Gasteiger partial charge in [-0.2, -0.15) is 0 Å². The van der Waals surface area contributed by atoms with E-state index in [-0.39, 0.29) is 0 Å². The van der Waals surface area contributed by atoms with Gasteiger partial charge in [0.2, 0.25) is 0 Å². The van der Waals surface area contributed by atoms with Crippen LogP contribution in [0.1, 0.15) is 18.9 Å². The summed E-state index contributed by atoms with van der Waals surface area (Å²) in [7, 11) is 0. The van der Waals surface area contributed by atoms with Crippen LogP contribution in [0.4, 0.5) is 0 Å². The SMILES string of the molecule is CC(O)(COCC1CCNC1)c1ccccc1. The highest BCUT2D eigenvalue weighted by Gasteiger charge is 2.24. The van der Waals surface area contributed by atoms with Gasteiger partial charge in [0.05, 0.1) is 13.2 Å². The minimum Gasteiger partial charge on any atom is -0.383 e. The Morgan fingerprint density at radius 2 is 2.18 bits per heavy atom. The molecule has 2 atom stereocenters. The molecule has 1 aliphatic heterocycles. The van der Waals surface area contributed by atoms with E-state index in [0.717, 1.165) is 25.3 Å². The van der Waals surface area contributed by atoms with Crippen LogP contribution in [0, 0.1) is 5.92 Å². The number of hydrogen-bond donors (Lipinski definition) is 2. The van der Waals surface area contributed by atoms with Crippen molar-refractivity contribution in [1.29, 1.82) is 0 Å². The minimum absolute atomic E-state index is 0.355. The second-order valence-electron chi connectivity index (χ2n) is 5.01. The van der Waals surface area contributed by atoms with Crippen molar-refractivity contribution in [3.05, 3.63) is 35.9 Å². The molecule has 2 N–H and O–H groups in total. The van der Waals surface area contributed by atoms with Crippen molar-refractivity contribution in [2.75, 3.05) is 26.3 Å². The molecule has 3 nitrogen and oxygen atoms in total. The van der Waals surface area contributed by atoms with Crippen molar-refractivity contribution in [2.45, 2.75) is 18.9 Å². The maximum Gasteiger partial charge on any atom is 0.110 e. The van der Waals surface area contributed by atoms with Gasteiger partial charge < -0.3 is 15.2 Å². The molecule has 94 valence electrons. The van der Waals surface area contributed by atoms with Gasteiger partial charge in [0.1, 0.15) is 5.60 Å². The highest BCUT2D eigenvalue weighted by Crippen LogP contribution is 2.21. The Morgan fingerprint density at radius 3 is 2.82 bits per heavy atom. The molecule has 0 radical (unpaired) electrons. The van der Waals surface area contributed by atoms with Crippen LogP contribution < -0.4 is 5.32 Å². The molecule has 0 aliphatic carbocycles. The highest BCUT2D eigenvalue weighted by molar-refractivity contribution is 5.21. The molecular weight excluding hydrogens is 214 g/mol. The van der Waals surface area contributed by atoms with Crippen LogP contribution in [0.3, 0.4) is 0 Å². The molecule has 3 heteroatoms. The number of benzene rings is 1. The molecule has 0 spiro atoms. The molecule has 0 aromatic heterocycles. The van der Waals surface area contributed by atoms with Crippen LogP contribution in [0.15, 0.2) is 30.3 Å². The number of ether oxygens (including phenoxy) is 1.